The van der Waals surface area contributed by atoms with Gasteiger partial charge in [-0.1, -0.05) is 20.8 Å². The van der Waals surface area contributed by atoms with Crippen molar-refractivity contribution < 1.29 is 14.7 Å². The van der Waals surface area contributed by atoms with E-state index in [1.807, 2.05) is 11.8 Å². The van der Waals surface area contributed by atoms with E-state index in [0.29, 0.717) is 18.3 Å². The van der Waals surface area contributed by atoms with Crippen LogP contribution in [-0.4, -0.2) is 35.0 Å². The summed E-state index contributed by atoms with van der Waals surface area (Å²) in [5.41, 5.74) is 0. The van der Waals surface area contributed by atoms with E-state index in [1.54, 1.807) is 0 Å². The van der Waals surface area contributed by atoms with Gasteiger partial charge in [-0.3, -0.25) is 9.59 Å². The fourth-order valence-electron chi connectivity index (χ4n) is 2.29. The molecule has 1 heterocycles. The summed E-state index contributed by atoms with van der Waals surface area (Å²) in [5, 5.41) is 8.66. The van der Waals surface area contributed by atoms with Crippen molar-refractivity contribution in [2.75, 3.05) is 13.1 Å². The lowest BCUT2D eigenvalue weighted by Crippen LogP contribution is -2.42. The van der Waals surface area contributed by atoms with Gasteiger partial charge in [-0.25, -0.2) is 0 Å². The van der Waals surface area contributed by atoms with E-state index < -0.39 is 5.97 Å². The average Bonchev–Trinajstić information content (AvgIpc) is 2.20. The van der Waals surface area contributed by atoms with E-state index in [1.165, 1.54) is 0 Å². The third-order valence-electron chi connectivity index (χ3n) is 3.73. The number of carbonyl (C=O) groups is 2. The Kier molecular flexibility index (Phi) is 4.97. The van der Waals surface area contributed by atoms with E-state index in [4.69, 9.17) is 5.11 Å². The Morgan fingerprint density at radius 1 is 1.29 bits per heavy atom. The molecule has 17 heavy (non-hydrogen) atoms. The minimum absolute atomic E-state index is 0.0744. The van der Waals surface area contributed by atoms with E-state index in [2.05, 4.69) is 13.8 Å². The second kappa shape index (κ2) is 6.03. The van der Waals surface area contributed by atoms with Gasteiger partial charge in [0.15, 0.2) is 0 Å². The molecular weight excluding hydrogens is 218 g/mol. The zero-order chi connectivity index (χ0) is 13.0. The van der Waals surface area contributed by atoms with Crippen LogP contribution in [0.25, 0.3) is 0 Å². The molecule has 1 rings (SSSR count). The highest BCUT2D eigenvalue weighted by Gasteiger charge is 2.26. The number of hydrogen-bond acceptors (Lipinski definition) is 2. The van der Waals surface area contributed by atoms with Gasteiger partial charge < -0.3 is 10.0 Å². The molecule has 3 atom stereocenters. The summed E-state index contributed by atoms with van der Waals surface area (Å²) < 4.78 is 0. The summed E-state index contributed by atoms with van der Waals surface area (Å²) >= 11 is 0. The van der Waals surface area contributed by atoms with Crippen LogP contribution in [0.15, 0.2) is 0 Å². The molecule has 3 unspecified atom stereocenters. The highest BCUT2D eigenvalue weighted by atomic mass is 16.4. The van der Waals surface area contributed by atoms with Crippen molar-refractivity contribution in [2.45, 2.75) is 40.0 Å². The Bertz CT molecular complexity index is 290. The number of rotatable bonds is 4. The largest absolute Gasteiger partial charge is 0.481 e. The van der Waals surface area contributed by atoms with Crippen LogP contribution >= 0.6 is 0 Å². The Balaban J connectivity index is 2.40. The minimum Gasteiger partial charge on any atom is -0.481 e. The molecule has 1 amide bonds. The maximum Gasteiger partial charge on any atom is 0.303 e. The van der Waals surface area contributed by atoms with Crippen LogP contribution < -0.4 is 0 Å². The topological polar surface area (TPSA) is 57.6 Å². The van der Waals surface area contributed by atoms with Crippen molar-refractivity contribution in [2.24, 2.45) is 17.8 Å². The Morgan fingerprint density at radius 3 is 2.47 bits per heavy atom. The number of hydrogen-bond donors (Lipinski definition) is 1. The molecule has 98 valence electrons. The van der Waals surface area contributed by atoms with Gasteiger partial charge in [0, 0.05) is 25.9 Å². The van der Waals surface area contributed by atoms with Crippen LogP contribution in [0, 0.1) is 17.8 Å². The van der Waals surface area contributed by atoms with Crippen molar-refractivity contribution in [1.82, 2.24) is 4.90 Å². The lowest BCUT2D eigenvalue weighted by atomic mass is 9.88. The summed E-state index contributed by atoms with van der Waals surface area (Å²) in [7, 11) is 0. The predicted molar refractivity (Wildman–Crippen MR) is 65.6 cm³/mol. The third-order valence-corrected chi connectivity index (χ3v) is 3.73. The maximum atomic E-state index is 12.0. The number of likely N-dealkylation sites (tertiary alicyclic amines) is 1. The standard InChI is InChI=1S/C13H23NO3/c1-9(7-13(16)17)6-12(15)14-5-4-10(2)11(3)8-14/h9-11H,4-8H2,1-3H3,(H,16,17). The molecule has 0 bridgehead atoms. The normalized spacial score (nSPS) is 26.6. The zero-order valence-electron chi connectivity index (χ0n) is 11.0. The van der Waals surface area contributed by atoms with Gasteiger partial charge in [-0.05, 0) is 24.2 Å². The van der Waals surface area contributed by atoms with E-state index in [0.717, 1.165) is 19.5 Å². The average molecular weight is 241 g/mol. The number of amides is 1. The Hall–Kier alpha value is -1.06. The molecule has 0 spiro atoms. The fourth-order valence-corrected chi connectivity index (χ4v) is 2.29. The summed E-state index contributed by atoms with van der Waals surface area (Å²) in [4.78, 5) is 24.4. The summed E-state index contributed by atoms with van der Waals surface area (Å²) in [6.45, 7) is 7.86. The Morgan fingerprint density at radius 2 is 1.94 bits per heavy atom. The molecule has 4 heteroatoms. The molecule has 1 N–H and O–H groups in total. The second-order valence-corrected chi connectivity index (χ2v) is 5.49. The van der Waals surface area contributed by atoms with Crippen molar-refractivity contribution >= 4 is 11.9 Å². The molecule has 4 nitrogen and oxygen atoms in total. The van der Waals surface area contributed by atoms with Gasteiger partial charge in [0.25, 0.3) is 0 Å². The first-order chi connectivity index (χ1) is 7.90. The van der Waals surface area contributed by atoms with Crippen LogP contribution in [0.3, 0.4) is 0 Å². The summed E-state index contributed by atoms with van der Waals surface area (Å²) in [6.07, 6.45) is 1.49. The molecule has 0 aromatic heterocycles. The van der Waals surface area contributed by atoms with Gasteiger partial charge in [0.2, 0.25) is 5.91 Å². The molecule has 1 aliphatic heterocycles. The second-order valence-electron chi connectivity index (χ2n) is 5.49. The number of aliphatic carboxylic acids is 1. The van der Waals surface area contributed by atoms with Crippen LogP contribution in [0.2, 0.25) is 0 Å². The first kappa shape index (κ1) is 14.0. The van der Waals surface area contributed by atoms with Gasteiger partial charge in [-0.2, -0.15) is 0 Å². The fraction of sp³-hybridized carbons (Fsp3) is 0.846. The van der Waals surface area contributed by atoms with Crippen LogP contribution in [-0.2, 0) is 9.59 Å². The number of piperidine rings is 1. The Labute approximate surface area is 103 Å². The molecule has 0 aliphatic carbocycles. The van der Waals surface area contributed by atoms with Gasteiger partial charge in [0.1, 0.15) is 0 Å². The molecule has 1 fully saturated rings. The lowest BCUT2D eigenvalue weighted by molar-refractivity contribution is -0.139. The lowest BCUT2D eigenvalue weighted by Gasteiger charge is -2.35. The molecule has 0 aromatic carbocycles. The molecule has 0 aromatic rings. The molecule has 0 saturated carbocycles. The van der Waals surface area contributed by atoms with Gasteiger partial charge in [-0.15, -0.1) is 0 Å². The van der Waals surface area contributed by atoms with E-state index in [-0.39, 0.29) is 18.2 Å². The number of carbonyl (C=O) groups excluding carboxylic acids is 1. The van der Waals surface area contributed by atoms with Crippen molar-refractivity contribution in [1.29, 1.82) is 0 Å². The predicted octanol–water partition coefficient (Wildman–Crippen LogP) is 1.99. The van der Waals surface area contributed by atoms with E-state index in [9.17, 15) is 9.59 Å². The zero-order valence-corrected chi connectivity index (χ0v) is 11.0. The highest BCUT2D eigenvalue weighted by Crippen LogP contribution is 2.23. The molecule has 1 saturated heterocycles. The van der Waals surface area contributed by atoms with Gasteiger partial charge in [0.05, 0.1) is 0 Å². The first-order valence-corrected chi connectivity index (χ1v) is 6.39. The summed E-state index contributed by atoms with van der Waals surface area (Å²) in [5.74, 6) is 0.427. The van der Waals surface area contributed by atoms with Crippen molar-refractivity contribution in [3.63, 3.8) is 0 Å². The third kappa shape index (κ3) is 4.36. The van der Waals surface area contributed by atoms with Crippen molar-refractivity contribution in [3.8, 4) is 0 Å². The molecule has 0 radical (unpaired) electrons. The van der Waals surface area contributed by atoms with Crippen molar-refractivity contribution in [3.05, 3.63) is 0 Å². The molecular formula is C13H23NO3. The quantitative estimate of drug-likeness (QED) is 0.819. The maximum absolute atomic E-state index is 12.0. The minimum atomic E-state index is -0.828. The monoisotopic (exact) mass is 241 g/mol. The molecule has 1 aliphatic rings. The highest BCUT2D eigenvalue weighted by molar-refractivity contribution is 5.77. The van der Waals surface area contributed by atoms with E-state index >= 15 is 0 Å². The smallest absolute Gasteiger partial charge is 0.303 e. The van der Waals surface area contributed by atoms with Crippen LogP contribution in [0.5, 0.6) is 0 Å². The SMILES string of the molecule is CC(CC(=O)O)CC(=O)N1CCC(C)C(C)C1. The number of carboxylic acid groups (broad SMARTS) is 1. The summed E-state index contributed by atoms with van der Waals surface area (Å²) in [6, 6.07) is 0. The number of carboxylic acids is 1. The van der Waals surface area contributed by atoms with Crippen LogP contribution in [0.4, 0.5) is 0 Å². The number of nitrogens with zero attached hydrogens (tertiary/aromatic N) is 1. The van der Waals surface area contributed by atoms with Gasteiger partial charge >= 0.3 is 5.97 Å². The first-order valence-electron chi connectivity index (χ1n) is 6.39. The van der Waals surface area contributed by atoms with Crippen LogP contribution in [0.1, 0.15) is 40.0 Å².